The number of piperidine rings is 1. The fourth-order valence-corrected chi connectivity index (χ4v) is 5.70. The molecule has 2 fully saturated rings. The lowest BCUT2D eigenvalue weighted by Gasteiger charge is -2.42. The first-order valence-corrected chi connectivity index (χ1v) is 11.7. The number of hydrogen-bond donors (Lipinski definition) is 0. The van der Waals surface area contributed by atoms with Crippen LogP contribution >= 0.6 is 0 Å². The van der Waals surface area contributed by atoms with E-state index in [1.165, 1.54) is 22.1 Å². The summed E-state index contributed by atoms with van der Waals surface area (Å²) in [6.45, 7) is 2.55. The summed E-state index contributed by atoms with van der Waals surface area (Å²) in [4.78, 5) is 32.9. The van der Waals surface area contributed by atoms with Crippen LogP contribution in [0.15, 0.2) is 48.5 Å². The number of fused-ring (bicyclic) bond motifs is 1. The lowest BCUT2D eigenvalue weighted by Crippen LogP contribution is -2.57. The number of hydrogen-bond acceptors (Lipinski definition) is 4. The third-order valence-electron chi connectivity index (χ3n) is 7.52. The van der Waals surface area contributed by atoms with Crippen LogP contribution < -0.4 is 0 Å². The average molecular weight is 452 g/mol. The summed E-state index contributed by atoms with van der Waals surface area (Å²) in [5.74, 6) is -0.287. The highest BCUT2D eigenvalue weighted by atomic mass is 19.1. The van der Waals surface area contributed by atoms with Crippen LogP contribution in [0.3, 0.4) is 0 Å². The zero-order valence-electron chi connectivity index (χ0n) is 19.0. The van der Waals surface area contributed by atoms with Gasteiger partial charge in [-0.3, -0.25) is 14.6 Å². The van der Waals surface area contributed by atoms with Gasteiger partial charge < -0.3 is 9.64 Å². The van der Waals surface area contributed by atoms with E-state index in [2.05, 4.69) is 17.0 Å². The Bertz CT molecular complexity index is 1030. The Labute approximate surface area is 193 Å². The number of nitrogens with zero attached hydrogens (tertiary/aromatic N) is 3. The van der Waals surface area contributed by atoms with Crippen LogP contribution in [-0.4, -0.2) is 71.6 Å². The maximum absolute atomic E-state index is 14.1. The number of amides is 3. The van der Waals surface area contributed by atoms with E-state index in [1.807, 2.05) is 18.2 Å². The van der Waals surface area contributed by atoms with Gasteiger partial charge in [0.1, 0.15) is 11.4 Å². The Hall–Kier alpha value is -2.77. The van der Waals surface area contributed by atoms with E-state index in [9.17, 15) is 14.0 Å². The molecule has 2 aliphatic heterocycles. The van der Waals surface area contributed by atoms with Gasteiger partial charge in [-0.2, -0.15) is 0 Å². The van der Waals surface area contributed by atoms with Crippen LogP contribution in [0, 0.1) is 5.82 Å². The molecule has 2 saturated heterocycles. The molecule has 2 aromatic carbocycles. The van der Waals surface area contributed by atoms with Crippen molar-refractivity contribution in [3.63, 3.8) is 0 Å². The highest BCUT2D eigenvalue weighted by molar-refractivity contribution is 6.07. The molecule has 1 spiro atoms. The molecule has 0 unspecified atom stereocenters. The molecule has 0 atom stereocenters. The average Bonchev–Trinajstić information content (AvgIpc) is 3.32. The Balaban J connectivity index is 1.35. The summed E-state index contributed by atoms with van der Waals surface area (Å²) in [6, 6.07) is 14.7. The maximum Gasteiger partial charge on any atom is 0.328 e. The molecule has 2 aromatic rings. The predicted octanol–water partition coefficient (Wildman–Crippen LogP) is 3.24. The molecule has 0 saturated carbocycles. The molecular weight excluding hydrogens is 421 g/mol. The molecule has 3 aliphatic rings. The van der Waals surface area contributed by atoms with E-state index in [0.717, 1.165) is 0 Å². The number of methoxy groups -OCH3 is 1. The van der Waals surface area contributed by atoms with Gasteiger partial charge in [0.25, 0.3) is 5.91 Å². The molecular formula is C26H30FN3O3. The van der Waals surface area contributed by atoms with Gasteiger partial charge in [-0.05, 0) is 42.9 Å². The summed E-state index contributed by atoms with van der Waals surface area (Å²) in [7, 11) is 1.61. The van der Waals surface area contributed by atoms with Crippen molar-refractivity contribution in [3.8, 4) is 0 Å². The summed E-state index contributed by atoms with van der Waals surface area (Å²) in [6.07, 6.45) is 2.51. The zero-order chi connectivity index (χ0) is 23.0. The van der Waals surface area contributed by atoms with Gasteiger partial charge in [0.05, 0.1) is 6.61 Å². The van der Waals surface area contributed by atoms with Gasteiger partial charge in [0, 0.05) is 44.9 Å². The van der Waals surface area contributed by atoms with E-state index in [4.69, 9.17) is 4.74 Å². The second-order valence-corrected chi connectivity index (χ2v) is 9.33. The third kappa shape index (κ3) is 3.83. The van der Waals surface area contributed by atoms with Crippen molar-refractivity contribution in [1.29, 1.82) is 0 Å². The topological polar surface area (TPSA) is 53.1 Å². The molecule has 7 heteroatoms. The predicted molar refractivity (Wildman–Crippen MR) is 122 cm³/mol. The van der Waals surface area contributed by atoms with Crippen LogP contribution in [0.25, 0.3) is 0 Å². The molecule has 0 aromatic heterocycles. The van der Waals surface area contributed by atoms with Crippen LogP contribution in [-0.2, 0) is 28.9 Å². The molecule has 0 radical (unpaired) electrons. The maximum atomic E-state index is 14.1. The molecule has 3 amide bonds. The second-order valence-electron chi connectivity index (χ2n) is 9.33. The van der Waals surface area contributed by atoms with Crippen LogP contribution in [0.4, 0.5) is 9.18 Å². The lowest BCUT2D eigenvalue weighted by molar-refractivity contribution is -0.137. The van der Waals surface area contributed by atoms with Crippen LogP contribution in [0.2, 0.25) is 0 Å². The number of rotatable bonds is 6. The van der Waals surface area contributed by atoms with E-state index in [0.29, 0.717) is 64.0 Å². The Morgan fingerprint density at radius 2 is 1.64 bits per heavy atom. The second kappa shape index (κ2) is 8.88. The molecule has 0 bridgehead atoms. The number of halogens is 1. The minimum atomic E-state index is -0.837. The first-order valence-electron chi connectivity index (χ1n) is 11.7. The monoisotopic (exact) mass is 451 g/mol. The fraction of sp³-hybridized carbons (Fsp3) is 0.462. The summed E-state index contributed by atoms with van der Waals surface area (Å²) in [5, 5.41) is 0. The highest BCUT2D eigenvalue weighted by Crippen LogP contribution is 2.40. The summed E-state index contributed by atoms with van der Waals surface area (Å²) >= 11 is 0. The molecule has 0 N–H and O–H groups in total. The van der Waals surface area contributed by atoms with Crippen molar-refractivity contribution in [2.75, 3.05) is 33.4 Å². The highest BCUT2D eigenvalue weighted by Gasteiger charge is 2.59. The smallest absolute Gasteiger partial charge is 0.328 e. The number of likely N-dealkylation sites (tertiary alicyclic amines) is 1. The van der Waals surface area contributed by atoms with Gasteiger partial charge in [0.2, 0.25) is 0 Å². The lowest BCUT2D eigenvalue weighted by atomic mass is 9.85. The Morgan fingerprint density at radius 1 is 1.00 bits per heavy atom. The molecule has 2 heterocycles. The van der Waals surface area contributed by atoms with E-state index in [-0.39, 0.29) is 23.8 Å². The SMILES string of the molecule is COCCN1C(=O)N(C2Cc3ccccc3C2)C(=O)C12CCN(Cc1ccccc1F)CC2. The van der Waals surface area contributed by atoms with Crippen LogP contribution in [0.1, 0.15) is 29.5 Å². The van der Waals surface area contributed by atoms with Crippen molar-refractivity contribution in [2.24, 2.45) is 0 Å². The first kappa shape index (κ1) is 22.0. The van der Waals surface area contributed by atoms with Crippen LogP contribution in [0.5, 0.6) is 0 Å². The van der Waals surface area contributed by atoms with Crippen molar-refractivity contribution in [1.82, 2.24) is 14.7 Å². The fourth-order valence-electron chi connectivity index (χ4n) is 5.70. The minimum absolute atomic E-state index is 0.0769. The quantitative estimate of drug-likeness (QED) is 0.633. The number of urea groups is 1. The Morgan fingerprint density at radius 3 is 2.27 bits per heavy atom. The van der Waals surface area contributed by atoms with E-state index < -0.39 is 5.54 Å². The summed E-state index contributed by atoms with van der Waals surface area (Å²) < 4.78 is 19.4. The van der Waals surface area contributed by atoms with Gasteiger partial charge in [0.15, 0.2) is 0 Å². The van der Waals surface area contributed by atoms with Gasteiger partial charge in [-0.15, -0.1) is 0 Å². The zero-order valence-corrected chi connectivity index (χ0v) is 19.0. The van der Waals surface area contributed by atoms with Crippen molar-refractivity contribution in [3.05, 3.63) is 71.0 Å². The molecule has 1 aliphatic carbocycles. The number of imide groups is 1. The van der Waals surface area contributed by atoms with Crippen molar-refractivity contribution in [2.45, 2.75) is 43.8 Å². The van der Waals surface area contributed by atoms with Crippen molar-refractivity contribution >= 4 is 11.9 Å². The number of benzene rings is 2. The van der Waals surface area contributed by atoms with Gasteiger partial charge >= 0.3 is 6.03 Å². The normalized spacial score (nSPS) is 20.8. The largest absolute Gasteiger partial charge is 0.383 e. The summed E-state index contributed by atoms with van der Waals surface area (Å²) in [5.41, 5.74) is 2.25. The van der Waals surface area contributed by atoms with Gasteiger partial charge in [-0.1, -0.05) is 42.5 Å². The number of carbonyl (C=O) groups excluding carboxylic acids is 2. The van der Waals surface area contributed by atoms with Gasteiger partial charge in [-0.25, -0.2) is 9.18 Å². The number of carbonyl (C=O) groups is 2. The van der Waals surface area contributed by atoms with Crippen molar-refractivity contribution < 1.29 is 18.7 Å². The molecule has 5 rings (SSSR count). The molecule has 174 valence electrons. The third-order valence-corrected chi connectivity index (χ3v) is 7.52. The Kier molecular flexibility index (Phi) is 5.93. The first-order chi connectivity index (χ1) is 16.0. The molecule has 6 nitrogen and oxygen atoms in total. The standard InChI is InChI=1S/C26H30FN3O3/c1-33-15-14-29-25(32)30(22-16-19-6-2-3-7-20(19)17-22)24(31)26(29)10-12-28(13-11-26)18-21-8-4-5-9-23(21)27/h2-9,22H,10-18H2,1H3. The molecule has 33 heavy (non-hydrogen) atoms. The minimum Gasteiger partial charge on any atom is -0.383 e. The van der Waals surface area contributed by atoms with E-state index >= 15 is 0 Å². The number of ether oxygens (including phenoxy) is 1. The van der Waals surface area contributed by atoms with E-state index in [1.54, 1.807) is 24.1 Å².